The van der Waals surface area contributed by atoms with Crippen molar-refractivity contribution in [3.8, 4) is 0 Å². The highest BCUT2D eigenvalue weighted by molar-refractivity contribution is 7.11. The van der Waals surface area contributed by atoms with Crippen molar-refractivity contribution < 1.29 is 4.39 Å². The Kier molecular flexibility index (Phi) is 6.27. The quantitative estimate of drug-likeness (QED) is 0.827. The Morgan fingerprint density at radius 1 is 1.35 bits per heavy atom. The predicted octanol–water partition coefficient (Wildman–Crippen LogP) is 4.07. The molecule has 0 aliphatic carbocycles. The number of rotatable bonds is 7. The van der Waals surface area contributed by atoms with Crippen molar-refractivity contribution in [3.05, 3.63) is 50.7 Å². The van der Waals surface area contributed by atoms with Gasteiger partial charge in [0, 0.05) is 29.6 Å². The molecular weight excluding hydrogens is 309 g/mol. The minimum atomic E-state index is -0.138. The van der Waals surface area contributed by atoms with Crippen LogP contribution in [0.25, 0.3) is 0 Å². The van der Waals surface area contributed by atoms with E-state index in [4.69, 9.17) is 0 Å². The third-order valence-corrected chi connectivity index (χ3v) is 5.27. The van der Waals surface area contributed by atoms with Gasteiger partial charge in [-0.05, 0) is 46.0 Å². The lowest BCUT2D eigenvalue weighted by atomic mass is 10.1. The summed E-state index contributed by atoms with van der Waals surface area (Å²) in [6.07, 6.45) is 0.976. The molecule has 0 spiro atoms. The average Bonchev–Trinajstić information content (AvgIpc) is 2.88. The van der Waals surface area contributed by atoms with Crippen LogP contribution in [0.1, 0.15) is 46.6 Å². The molecule has 1 aromatic carbocycles. The third-order valence-electron chi connectivity index (χ3n) is 3.78. The lowest BCUT2D eigenvalue weighted by Gasteiger charge is -2.15. The number of aryl methyl sites for hydroxylation is 2. The number of halogens is 1. The molecule has 1 aromatic heterocycles. The van der Waals surface area contributed by atoms with E-state index in [1.165, 1.54) is 9.88 Å². The summed E-state index contributed by atoms with van der Waals surface area (Å²) in [6.45, 7) is 7.69. The highest BCUT2D eigenvalue weighted by Crippen LogP contribution is 2.25. The highest BCUT2D eigenvalue weighted by atomic mass is 32.1. The molecule has 5 heteroatoms. The van der Waals surface area contributed by atoms with E-state index >= 15 is 0 Å². The van der Waals surface area contributed by atoms with E-state index in [1.54, 1.807) is 17.4 Å². The van der Waals surface area contributed by atoms with E-state index in [1.807, 2.05) is 31.1 Å². The number of thiazole rings is 1. The van der Waals surface area contributed by atoms with Crippen LogP contribution < -0.4 is 5.32 Å². The van der Waals surface area contributed by atoms with E-state index in [-0.39, 0.29) is 11.9 Å². The maximum Gasteiger partial charge on any atom is 0.127 e. The van der Waals surface area contributed by atoms with Crippen LogP contribution in [0.5, 0.6) is 0 Å². The predicted molar refractivity (Wildman–Crippen MR) is 95.3 cm³/mol. The lowest BCUT2D eigenvalue weighted by molar-refractivity contribution is 0.392. The first-order chi connectivity index (χ1) is 10.9. The fraction of sp³-hybridized carbons (Fsp3) is 0.500. The van der Waals surface area contributed by atoms with Crippen molar-refractivity contribution in [3.63, 3.8) is 0 Å². The Morgan fingerprint density at radius 2 is 2.09 bits per heavy atom. The summed E-state index contributed by atoms with van der Waals surface area (Å²) in [5.41, 5.74) is 2.96. The summed E-state index contributed by atoms with van der Waals surface area (Å²) in [7, 11) is 3.90. The van der Waals surface area contributed by atoms with Crippen LogP contribution in [-0.2, 0) is 19.5 Å². The van der Waals surface area contributed by atoms with Crippen molar-refractivity contribution in [2.24, 2.45) is 0 Å². The molecule has 2 rings (SSSR count). The summed E-state index contributed by atoms with van der Waals surface area (Å²) in [5, 5.41) is 4.71. The summed E-state index contributed by atoms with van der Waals surface area (Å²) in [5.74, 6) is -0.138. The average molecular weight is 335 g/mol. The molecule has 0 unspecified atom stereocenters. The Balaban J connectivity index is 2.03. The van der Waals surface area contributed by atoms with Crippen molar-refractivity contribution in [1.82, 2.24) is 15.2 Å². The molecule has 0 aliphatic heterocycles. The zero-order chi connectivity index (χ0) is 17.0. The first-order valence-electron chi connectivity index (χ1n) is 8.02. The summed E-state index contributed by atoms with van der Waals surface area (Å²) < 4.78 is 13.8. The molecule has 0 bridgehead atoms. The Bertz CT molecular complexity index is 652. The van der Waals surface area contributed by atoms with Crippen LogP contribution >= 0.6 is 11.3 Å². The molecule has 1 atom stereocenters. The molecule has 3 nitrogen and oxygen atoms in total. The highest BCUT2D eigenvalue weighted by Gasteiger charge is 2.13. The third kappa shape index (κ3) is 4.83. The van der Waals surface area contributed by atoms with Crippen molar-refractivity contribution in [2.45, 2.75) is 46.3 Å². The van der Waals surface area contributed by atoms with Crippen molar-refractivity contribution >= 4 is 11.3 Å². The van der Waals surface area contributed by atoms with Gasteiger partial charge in [0.15, 0.2) is 0 Å². The minimum absolute atomic E-state index is 0.138. The van der Waals surface area contributed by atoms with E-state index in [9.17, 15) is 4.39 Å². The van der Waals surface area contributed by atoms with Gasteiger partial charge < -0.3 is 10.2 Å². The Morgan fingerprint density at radius 3 is 2.70 bits per heavy atom. The number of nitrogens with zero attached hydrogens (tertiary/aromatic N) is 2. The second kappa shape index (κ2) is 7.99. The SMILES string of the molecule is CCc1nc(C)c([C@@H](C)NCc2ccc(F)c(CN(C)C)c2)s1. The van der Waals surface area contributed by atoms with Gasteiger partial charge in [0.05, 0.1) is 10.7 Å². The molecule has 0 saturated carbocycles. The number of hydrogen-bond acceptors (Lipinski definition) is 4. The molecule has 0 radical (unpaired) electrons. The molecule has 0 saturated heterocycles. The summed E-state index contributed by atoms with van der Waals surface area (Å²) in [6, 6.07) is 5.61. The van der Waals surface area contributed by atoms with E-state index in [2.05, 4.69) is 31.1 Å². The molecule has 0 amide bonds. The molecule has 0 aliphatic rings. The number of aromatic nitrogens is 1. The smallest absolute Gasteiger partial charge is 0.127 e. The fourth-order valence-corrected chi connectivity index (χ4v) is 3.62. The van der Waals surface area contributed by atoms with Gasteiger partial charge in [0.1, 0.15) is 5.82 Å². The molecule has 0 fully saturated rings. The van der Waals surface area contributed by atoms with Crippen LogP contribution in [0, 0.1) is 12.7 Å². The number of nitrogens with one attached hydrogen (secondary N) is 1. The van der Waals surface area contributed by atoms with Crippen LogP contribution in [0.4, 0.5) is 4.39 Å². The molecule has 1 N–H and O–H groups in total. The van der Waals surface area contributed by atoms with Crippen LogP contribution in [0.2, 0.25) is 0 Å². The van der Waals surface area contributed by atoms with Gasteiger partial charge >= 0.3 is 0 Å². The van der Waals surface area contributed by atoms with Gasteiger partial charge in [-0.15, -0.1) is 11.3 Å². The van der Waals surface area contributed by atoms with Crippen molar-refractivity contribution in [1.29, 1.82) is 0 Å². The molecular formula is C18H26FN3S. The number of hydrogen-bond donors (Lipinski definition) is 1. The maximum atomic E-state index is 13.8. The van der Waals surface area contributed by atoms with Crippen LogP contribution in [0.15, 0.2) is 18.2 Å². The largest absolute Gasteiger partial charge is 0.305 e. The molecule has 23 heavy (non-hydrogen) atoms. The molecule has 2 aromatic rings. The van der Waals surface area contributed by atoms with E-state index in [0.717, 1.165) is 29.8 Å². The standard InChI is InChI=1S/C18H26FN3S/c1-6-17-21-13(3)18(23-17)12(2)20-10-14-7-8-16(19)15(9-14)11-22(4)5/h7-9,12,20H,6,10-11H2,1-5H3/t12-/m1/s1. The van der Waals surface area contributed by atoms with Gasteiger partial charge in [0.25, 0.3) is 0 Å². The van der Waals surface area contributed by atoms with Crippen LogP contribution in [0.3, 0.4) is 0 Å². The maximum absolute atomic E-state index is 13.8. The topological polar surface area (TPSA) is 28.2 Å². The Hall–Kier alpha value is -1.30. The van der Waals surface area contributed by atoms with Crippen molar-refractivity contribution in [2.75, 3.05) is 14.1 Å². The van der Waals surface area contributed by atoms with Gasteiger partial charge in [-0.1, -0.05) is 19.1 Å². The zero-order valence-corrected chi connectivity index (χ0v) is 15.4. The van der Waals surface area contributed by atoms with Gasteiger partial charge in [-0.3, -0.25) is 0 Å². The van der Waals surface area contributed by atoms with Crippen LogP contribution in [-0.4, -0.2) is 24.0 Å². The van der Waals surface area contributed by atoms with Gasteiger partial charge in [0.2, 0.25) is 0 Å². The van der Waals surface area contributed by atoms with Gasteiger partial charge in [-0.2, -0.15) is 0 Å². The second-order valence-corrected chi connectivity index (χ2v) is 7.29. The number of benzene rings is 1. The molecule has 1 heterocycles. The van der Waals surface area contributed by atoms with E-state index < -0.39 is 0 Å². The van der Waals surface area contributed by atoms with Gasteiger partial charge in [-0.25, -0.2) is 9.37 Å². The fourth-order valence-electron chi connectivity index (χ4n) is 2.58. The Labute approximate surface area is 142 Å². The monoisotopic (exact) mass is 335 g/mol. The first kappa shape index (κ1) is 18.0. The molecule has 126 valence electrons. The lowest BCUT2D eigenvalue weighted by Crippen LogP contribution is -2.18. The summed E-state index contributed by atoms with van der Waals surface area (Å²) >= 11 is 1.78. The second-order valence-electron chi connectivity index (χ2n) is 6.18. The first-order valence-corrected chi connectivity index (χ1v) is 8.84. The van der Waals surface area contributed by atoms with E-state index in [0.29, 0.717) is 6.54 Å². The normalized spacial score (nSPS) is 12.8. The zero-order valence-electron chi connectivity index (χ0n) is 14.6. The summed E-state index contributed by atoms with van der Waals surface area (Å²) in [4.78, 5) is 7.85. The minimum Gasteiger partial charge on any atom is -0.305 e.